The summed E-state index contributed by atoms with van der Waals surface area (Å²) in [6, 6.07) is 6.36. The summed E-state index contributed by atoms with van der Waals surface area (Å²) in [5, 5.41) is 20.2. The summed E-state index contributed by atoms with van der Waals surface area (Å²) in [6.45, 7) is 0. The maximum atomic E-state index is 12.7. The van der Waals surface area contributed by atoms with Gasteiger partial charge in [0.05, 0.1) is 5.56 Å². The average molecular weight is 337 g/mol. The minimum Gasteiger partial charge on any atom is -0.431 e. The van der Waals surface area contributed by atoms with E-state index in [2.05, 4.69) is 20.4 Å². The molecule has 10 heteroatoms. The molecule has 0 spiro atoms. The van der Waals surface area contributed by atoms with Crippen LogP contribution in [0.25, 0.3) is 11.4 Å². The summed E-state index contributed by atoms with van der Waals surface area (Å²) in [5.74, 6) is 0.0152. The van der Waals surface area contributed by atoms with Gasteiger partial charge in [0.15, 0.2) is 5.69 Å². The van der Waals surface area contributed by atoms with E-state index < -0.39 is 11.7 Å². The molecule has 1 aromatic carbocycles. The lowest BCUT2D eigenvalue weighted by atomic mass is 10.2. The van der Waals surface area contributed by atoms with Gasteiger partial charge >= 0.3 is 6.18 Å². The molecule has 0 saturated carbocycles. The van der Waals surface area contributed by atoms with E-state index in [4.69, 9.17) is 10.00 Å². The van der Waals surface area contributed by atoms with E-state index in [1.165, 1.54) is 12.1 Å². The van der Waals surface area contributed by atoms with Gasteiger partial charge in [-0.05, 0) is 18.2 Å². The van der Waals surface area contributed by atoms with Gasteiger partial charge in [-0.2, -0.15) is 18.4 Å². The maximum Gasteiger partial charge on any atom is 0.416 e. The highest BCUT2D eigenvalue weighted by Gasteiger charge is 2.30. The minimum absolute atomic E-state index is 0.0152. The van der Waals surface area contributed by atoms with E-state index in [1.54, 1.807) is 5.38 Å². The van der Waals surface area contributed by atoms with Crippen molar-refractivity contribution >= 4 is 11.3 Å². The van der Waals surface area contributed by atoms with Gasteiger partial charge in [0.25, 0.3) is 5.19 Å². The molecule has 2 aromatic heterocycles. The fraction of sp³-hybridized carbons (Fsp3) is 0.0769. The van der Waals surface area contributed by atoms with Gasteiger partial charge in [0, 0.05) is 5.38 Å². The van der Waals surface area contributed by atoms with E-state index in [1.807, 2.05) is 6.07 Å². The molecule has 3 aromatic rings. The van der Waals surface area contributed by atoms with E-state index in [0.29, 0.717) is 5.69 Å². The average Bonchev–Trinajstić information content (AvgIpc) is 3.14. The molecule has 0 bridgehead atoms. The van der Waals surface area contributed by atoms with Gasteiger partial charge < -0.3 is 4.74 Å². The van der Waals surface area contributed by atoms with Crippen LogP contribution in [0.15, 0.2) is 29.6 Å². The lowest BCUT2D eigenvalue weighted by Gasteiger charge is -2.08. The number of halogens is 3. The quantitative estimate of drug-likeness (QED) is 0.789. The van der Waals surface area contributed by atoms with Crippen LogP contribution in [0, 0.1) is 11.3 Å². The molecule has 0 amide bonds. The SMILES string of the molecule is N#Cc1[nH]nnc1-c1csc(Oc2cccc(C(F)(F)F)c2)n1. The molecule has 0 saturated heterocycles. The zero-order valence-electron chi connectivity index (χ0n) is 11.1. The number of hydrogen-bond donors (Lipinski definition) is 1. The van der Waals surface area contributed by atoms with Crippen molar-refractivity contribution in [1.82, 2.24) is 20.4 Å². The Labute approximate surface area is 131 Å². The number of ether oxygens (including phenoxy) is 1. The fourth-order valence-corrected chi connectivity index (χ4v) is 2.41. The van der Waals surface area contributed by atoms with Crippen molar-refractivity contribution in [2.24, 2.45) is 0 Å². The number of thiazole rings is 1. The summed E-state index contributed by atoms with van der Waals surface area (Å²) in [4.78, 5) is 4.09. The molecule has 0 radical (unpaired) electrons. The number of alkyl halides is 3. The van der Waals surface area contributed by atoms with Crippen LogP contribution in [0.2, 0.25) is 0 Å². The standard InChI is InChI=1S/C13H6F3N5OS/c14-13(15,16)7-2-1-3-8(4-7)22-12-18-10(6-23-12)11-9(5-17)19-21-20-11/h1-4,6H,(H,19,20,21). The predicted octanol–water partition coefficient (Wildman–Crippen LogP) is 3.61. The summed E-state index contributed by atoms with van der Waals surface area (Å²) < 4.78 is 43.3. The molecule has 1 N–H and O–H groups in total. The summed E-state index contributed by atoms with van der Waals surface area (Å²) in [6.07, 6.45) is -4.45. The Morgan fingerprint density at radius 2 is 2.13 bits per heavy atom. The highest BCUT2D eigenvalue weighted by atomic mass is 32.1. The Morgan fingerprint density at radius 3 is 2.87 bits per heavy atom. The van der Waals surface area contributed by atoms with Crippen LogP contribution in [-0.2, 0) is 6.18 Å². The molecule has 23 heavy (non-hydrogen) atoms. The molecule has 0 atom stereocenters. The molecule has 116 valence electrons. The normalized spacial score (nSPS) is 11.2. The third kappa shape index (κ3) is 3.14. The highest BCUT2D eigenvalue weighted by molar-refractivity contribution is 7.11. The predicted molar refractivity (Wildman–Crippen MR) is 73.7 cm³/mol. The zero-order chi connectivity index (χ0) is 16.4. The second-order valence-electron chi connectivity index (χ2n) is 4.27. The molecule has 2 heterocycles. The van der Waals surface area contributed by atoms with E-state index in [0.717, 1.165) is 23.5 Å². The lowest BCUT2D eigenvalue weighted by Crippen LogP contribution is -2.04. The van der Waals surface area contributed by atoms with Crippen LogP contribution in [0.1, 0.15) is 11.3 Å². The van der Waals surface area contributed by atoms with Crippen LogP contribution in [0.5, 0.6) is 10.9 Å². The molecular weight excluding hydrogens is 331 g/mol. The Balaban J connectivity index is 1.84. The van der Waals surface area contributed by atoms with Crippen LogP contribution >= 0.6 is 11.3 Å². The van der Waals surface area contributed by atoms with Crippen molar-refractivity contribution in [2.75, 3.05) is 0 Å². The van der Waals surface area contributed by atoms with Gasteiger partial charge in [0.1, 0.15) is 23.2 Å². The van der Waals surface area contributed by atoms with Crippen molar-refractivity contribution in [3.8, 4) is 28.4 Å². The number of aromatic nitrogens is 4. The number of nitrogens with one attached hydrogen (secondary N) is 1. The van der Waals surface area contributed by atoms with Crippen molar-refractivity contribution in [3.05, 3.63) is 40.9 Å². The Bertz CT molecular complexity index is 880. The van der Waals surface area contributed by atoms with Gasteiger partial charge in [0.2, 0.25) is 0 Å². The molecule has 0 aliphatic heterocycles. The van der Waals surface area contributed by atoms with Crippen molar-refractivity contribution in [3.63, 3.8) is 0 Å². The number of aromatic amines is 1. The fourth-order valence-electron chi connectivity index (χ4n) is 1.73. The van der Waals surface area contributed by atoms with E-state index >= 15 is 0 Å². The topological polar surface area (TPSA) is 87.5 Å². The van der Waals surface area contributed by atoms with Crippen molar-refractivity contribution in [2.45, 2.75) is 6.18 Å². The second kappa shape index (κ2) is 5.69. The van der Waals surface area contributed by atoms with E-state index in [9.17, 15) is 13.2 Å². The molecule has 0 unspecified atom stereocenters. The van der Waals surface area contributed by atoms with Crippen LogP contribution < -0.4 is 4.74 Å². The number of nitriles is 1. The van der Waals surface area contributed by atoms with E-state index in [-0.39, 0.29) is 22.3 Å². The van der Waals surface area contributed by atoms with Crippen LogP contribution in [0.4, 0.5) is 13.2 Å². The molecule has 0 aliphatic rings. The molecular formula is C13H6F3N5OS. The molecule has 6 nitrogen and oxygen atoms in total. The summed E-state index contributed by atoms with van der Waals surface area (Å²) >= 11 is 1.07. The number of nitrogens with zero attached hydrogens (tertiary/aromatic N) is 4. The molecule has 0 aliphatic carbocycles. The molecule has 3 rings (SSSR count). The van der Waals surface area contributed by atoms with Gasteiger partial charge in [-0.3, -0.25) is 0 Å². The zero-order valence-corrected chi connectivity index (χ0v) is 11.9. The number of benzene rings is 1. The third-order valence-electron chi connectivity index (χ3n) is 2.75. The number of hydrogen-bond acceptors (Lipinski definition) is 6. The molecule has 0 fully saturated rings. The van der Waals surface area contributed by atoms with Gasteiger partial charge in [-0.1, -0.05) is 22.6 Å². The number of rotatable bonds is 3. The second-order valence-corrected chi connectivity index (χ2v) is 5.09. The first-order chi connectivity index (χ1) is 11.0. The lowest BCUT2D eigenvalue weighted by molar-refractivity contribution is -0.137. The Hall–Kier alpha value is -2.93. The van der Waals surface area contributed by atoms with Gasteiger partial charge in [-0.15, -0.1) is 5.10 Å². The van der Waals surface area contributed by atoms with Crippen LogP contribution in [0.3, 0.4) is 0 Å². The Kier molecular flexibility index (Phi) is 3.71. The van der Waals surface area contributed by atoms with Crippen molar-refractivity contribution in [1.29, 1.82) is 5.26 Å². The minimum atomic E-state index is -4.45. The Morgan fingerprint density at radius 1 is 1.30 bits per heavy atom. The largest absolute Gasteiger partial charge is 0.431 e. The number of H-pyrrole nitrogens is 1. The first-order valence-corrected chi connectivity index (χ1v) is 6.97. The first-order valence-electron chi connectivity index (χ1n) is 6.09. The monoisotopic (exact) mass is 337 g/mol. The summed E-state index contributed by atoms with van der Waals surface area (Å²) in [5.41, 5.74) is -0.0686. The highest BCUT2D eigenvalue weighted by Crippen LogP contribution is 2.34. The summed E-state index contributed by atoms with van der Waals surface area (Å²) in [7, 11) is 0. The third-order valence-corrected chi connectivity index (χ3v) is 3.47. The van der Waals surface area contributed by atoms with Crippen molar-refractivity contribution < 1.29 is 17.9 Å². The maximum absolute atomic E-state index is 12.7. The smallest absolute Gasteiger partial charge is 0.416 e. The van der Waals surface area contributed by atoms with Gasteiger partial charge in [-0.25, -0.2) is 10.1 Å². The van der Waals surface area contributed by atoms with Crippen LogP contribution in [-0.4, -0.2) is 20.4 Å². The first kappa shape index (κ1) is 15.0.